The number of halogens is 1. The second-order valence-corrected chi connectivity index (χ2v) is 7.52. The minimum atomic E-state index is -1.39. The molecule has 2 aliphatic rings. The molecule has 9 heteroatoms. The number of fused-ring (bicyclic) bond motifs is 1. The van der Waals surface area contributed by atoms with E-state index in [0.717, 1.165) is 16.9 Å². The average Bonchev–Trinajstić information content (AvgIpc) is 3.31. The van der Waals surface area contributed by atoms with E-state index in [1.165, 1.54) is 0 Å². The minimum Gasteiger partial charge on any atom is -0.381 e. The Morgan fingerprint density at radius 3 is 2.89 bits per heavy atom. The largest absolute Gasteiger partial charge is 0.381 e. The molecule has 0 bridgehead atoms. The molecule has 1 atom stereocenters. The fraction of sp³-hybridized carbons (Fsp3) is 0.667. The summed E-state index contributed by atoms with van der Waals surface area (Å²) in [5.41, 5.74) is -0.609. The van der Waals surface area contributed by atoms with Gasteiger partial charge in [-0.1, -0.05) is 0 Å². The van der Waals surface area contributed by atoms with Gasteiger partial charge in [-0.05, 0) is 13.3 Å². The number of ether oxygens (including phenoxy) is 1. The number of carbonyl (C=O) groups excluding carboxylic acids is 1. The van der Waals surface area contributed by atoms with E-state index in [1.54, 1.807) is 10.9 Å². The lowest BCUT2D eigenvalue weighted by atomic mass is 9.92. The Morgan fingerprint density at radius 2 is 2.19 bits per heavy atom. The molecule has 1 amide bonds. The molecule has 1 unspecified atom stereocenters. The second-order valence-electron chi connectivity index (χ2n) is 7.52. The fourth-order valence-corrected chi connectivity index (χ4v) is 3.78. The lowest BCUT2D eigenvalue weighted by molar-refractivity contribution is -0.125. The van der Waals surface area contributed by atoms with Crippen LogP contribution in [0, 0.1) is 12.8 Å². The number of hydrogen-bond donors (Lipinski definition) is 1. The standard InChI is InChI=1S/C18H25FN6O2/c1-12-22-15-14(9-21-24(15)2)16(23-12)25-6-4-18(19,5-7-25)11-20-17(26)13-3-8-27-10-13/h9,13H,3-8,10-11H2,1-2H3,(H,20,26). The van der Waals surface area contributed by atoms with Crippen molar-refractivity contribution < 1.29 is 13.9 Å². The molecule has 0 spiro atoms. The zero-order chi connectivity index (χ0) is 19.0. The molecule has 2 saturated heterocycles. The molecule has 0 aliphatic carbocycles. The summed E-state index contributed by atoms with van der Waals surface area (Å²) in [4.78, 5) is 23.2. The van der Waals surface area contributed by atoms with Crippen molar-refractivity contribution >= 4 is 22.8 Å². The predicted octanol–water partition coefficient (Wildman–Crippen LogP) is 1.13. The van der Waals surface area contributed by atoms with Crippen molar-refractivity contribution in [3.8, 4) is 0 Å². The highest BCUT2D eigenvalue weighted by Crippen LogP contribution is 2.31. The Kier molecular flexibility index (Phi) is 4.71. The number of anilines is 1. The first-order valence-electron chi connectivity index (χ1n) is 9.41. The van der Waals surface area contributed by atoms with Gasteiger partial charge in [0.1, 0.15) is 17.3 Å². The van der Waals surface area contributed by atoms with Crippen LogP contribution in [0.1, 0.15) is 25.1 Å². The Labute approximate surface area is 157 Å². The Morgan fingerprint density at radius 1 is 1.41 bits per heavy atom. The van der Waals surface area contributed by atoms with Crippen molar-refractivity contribution in [2.75, 3.05) is 37.7 Å². The maximum atomic E-state index is 15.2. The topological polar surface area (TPSA) is 85.2 Å². The van der Waals surface area contributed by atoms with Gasteiger partial charge in [-0.25, -0.2) is 14.4 Å². The Balaban J connectivity index is 1.40. The molecular weight excluding hydrogens is 351 g/mol. The van der Waals surface area contributed by atoms with Crippen LogP contribution in [0.3, 0.4) is 0 Å². The second kappa shape index (κ2) is 7.03. The van der Waals surface area contributed by atoms with Crippen LogP contribution in [-0.4, -0.2) is 64.2 Å². The van der Waals surface area contributed by atoms with Crippen molar-refractivity contribution in [2.24, 2.45) is 13.0 Å². The van der Waals surface area contributed by atoms with Gasteiger partial charge >= 0.3 is 0 Å². The van der Waals surface area contributed by atoms with Crippen LogP contribution in [0.4, 0.5) is 10.2 Å². The summed E-state index contributed by atoms with van der Waals surface area (Å²) in [6.45, 7) is 4.03. The monoisotopic (exact) mass is 376 g/mol. The van der Waals surface area contributed by atoms with Crippen LogP contribution in [0.2, 0.25) is 0 Å². The zero-order valence-corrected chi connectivity index (χ0v) is 15.7. The third-order valence-corrected chi connectivity index (χ3v) is 5.52. The molecule has 2 aliphatic heterocycles. The van der Waals surface area contributed by atoms with Gasteiger partial charge in [0.25, 0.3) is 0 Å². The molecular formula is C18H25FN6O2. The van der Waals surface area contributed by atoms with Crippen LogP contribution >= 0.6 is 0 Å². The van der Waals surface area contributed by atoms with Crippen LogP contribution in [-0.2, 0) is 16.6 Å². The first kappa shape index (κ1) is 18.1. The molecule has 27 heavy (non-hydrogen) atoms. The van der Waals surface area contributed by atoms with Gasteiger partial charge in [-0.3, -0.25) is 9.48 Å². The van der Waals surface area contributed by atoms with Crippen LogP contribution in [0.25, 0.3) is 11.0 Å². The van der Waals surface area contributed by atoms with Crippen molar-refractivity contribution in [1.29, 1.82) is 0 Å². The van der Waals surface area contributed by atoms with Gasteiger partial charge in [0.15, 0.2) is 5.65 Å². The first-order valence-corrected chi connectivity index (χ1v) is 9.41. The predicted molar refractivity (Wildman–Crippen MR) is 98.3 cm³/mol. The number of aryl methyl sites for hydroxylation is 2. The molecule has 1 N–H and O–H groups in total. The van der Waals surface area contributed by atoms with Crippen molar-refractivity contribution in [3.63, 3.8) is 0 Å². The van der Waals surface area contributed by atoms with Crippen LogP contribution in [0.15, 0.2) is 6.20 Å². The summed E-state index contributed by atoms with van der Waals surface area (Å²) in [5.74, 6) is 1.23. The van der Waals surface area contributed by atoms with Gasteiger partial charge in [-0.2, -0.15) is 5.10 Å². The third-order valence-electron chi connectivity index (χ3n) is 5.52. The number of hydrogen-bond acceptors (Lipinski definition) is 6. The van der Waals surface area contributed by atoms with Crippen molar-refractivity contribution in [1.82, 2.24) is 25.1 Å². The van der Waals surface area contributed by atoms with E-state index >= 15 is 4.39 Å². The molecule has 8 nitrogen and oxygen atoms in total. The lowest BCUT2D eigenvalue weighted by Gasteiger charge is -2.37. The molecule has 2 fully saturated rings. The summed E-state index contributed by atoms with van der Waals surface area (Å²) in [7, 11) is 1.85. The number of nitrogens with zero attached hydrogens (tertiary/aromatic N) is 5. The van der Waals surface area contributed by atoms with E-state index < -0.39 is 5.67 Å². The number of aromatic nitrogens is 4. The van der Waals surface area contributed by atoms with Gasteiger partial charge in [-0.15, -0.1) is 0 Å². The van der Waals surface area contributed by atoms with Gasteiger partial charge in [0.05, 0.1) is 30.7 Å². The average molecular weight is 376 g/mol. The van der Waals surface area contributed by atoms with Crippen molar-refractivity contribution in [2.45, 2.75) is 31.9 Å². The quantitative estimate of drug-likeness (QED) is 0.861. The highest BCUT2D eigenvalue weighted by Gasteiger charge is 2.36. The fourth-order valence-electron chi connectivity index (χ4n) is 3.78. The summed E-state index contributed by atoms with van der Waals surface area (Å²) >= 11 is 0. The first-order chi connectivity index (χ1) is 13.0. The molecule has 4 rings (SSSR count). The number of alkyl halides is 1. The highest BCUT2D eigenvalue weighted by molar-refractivity contribution is 5.87. The van der Waals surface area contributed by atoms with E-state index in [-0.39, 0.29) is 18.4 Å². The molecule has 2 aromatic rings. The number of rotatable bonds is 4. The normalized spacial score (nSPS) is 22.3. The molecule has 146 valence electrons. The summed E-state index contributed by atoms with van der Waals surface area (Å²) < 4.78 is 22.1. The number of amides is 1. The van der Waals surface area contributed by atoms with Gasteiger partial charge in [0, 0.05) is 39.6 Å². The molecule has 0 aromatic carbocycles. The van der Waals surface area contributed by atoms with E-state index in [2.05, 4.69) is 25.3 Å². The van der Waals surface area contributed by atoms with E-state index in [4.69, 9.17) is 4.74 Å². The van der Waals surface area contributed by atoms with E-state index in [1.807, 2.05) is 14.0 Å². The molecule has 4 heterocycles. The number of carbonyl (C=O) groups is 1. The van der Waals surface area contributed by atoms with E-state index in [0.29, 0.717) is 51.4 Å². The molecule has 0 radical (unpaired) electrons. The van der Waals surface area contributed by atoms with Crippen LogP contribution < -0.4 is 10.2 Å². The van der Waals surface area contributed by atoms with E-state index in [9.17, 15) is 4.79 Å². The van der Waals surface area contributed by atoms with Gasteiger partial charge in [0.2, 0.25) is 5.91 Å². The third kappa shape index (κ3) is 3.60. The number of nitrogens with one attached hydrogen (secondary N) is 1. The smallest absolute Gasteiger partial charge is 0.225 e. The van der Waals surface area contributed by atoms with Gasteiger partial charge < -0.3 is 15.0 Å². The lowest BCUT2D eigenvalue weighted by Crippen LogP contribution is -2.49. The minimum absolute atomic E-state index is 0.0568. The number of piperidine rings is 1. The maximum absolute atomic E-state index is 15.2. The van der Waals surface area contributed by atoms with Crippen molar-refractivity contribution in [3.05, 3.63) is 12.0 Å². The highest BCUT2D eigenvalue weighted by atomic mass is 19.1. The Bertz CT molecular complexity index is 840. The van der Waals surface area contributed by atoms with Crippen LogP contribution in [0.5, 0.6) is 0 Å². The summed E-state index contributed by atoms with van der Waals surface area (Å²) in [6, 6.07) is 0. The SMILES string of the molecule is Cc1nc(N2CCC(F)(CNC(=O)C3CCOC3)CC2)c2cnn(C)c2n1. The summed E-state index contributed by atoms with van der Waals surface area (Å²) in [6.07, 6.45) is 3.16. The molecule has 0 saturated carbocycles. The maximum Gasteiger partial charge on any atom is 0.225 e. The zero-order valence-electron chi connectivity index (χ0n) is 15.7. The summed E-state index contributed by atoms with van der Waals surface area (Å²) in [5, 5.41) is 7.92. The molecule has 2 aromatic heterocycles. The Hall–Kier alpha value is -2.29.